The molecule has 0 aromatic carbocycles. The number of nitrogens with one attached hydrogen (secondary N) is 1. The Kier molecular flexibility index (Phi) is 4.64. The molecule has 1 amide bonds. The van der Waals surface area contributed by atoms with Crippen LogP contribution in [0.2, 0.25) is 0 Å². The van der Waals surface area contributed by atoms with Gasteiger partial charge in [0.25, 0.3) is 0 Å². The molecule has 2 rings (SSSR count). The third-order valence-electron chi connectivity index (χ3n) is 2.79. The maximum Gasteiger partial charge on any atom is 0.246 e. The van der Waals surface area contributed by atoms with Gasteiger partial charge in [0.2, 0.25) is 5.91 Å². The molecule has 0 fully saturated rings. The molecule has 18 heavy (non-hydrogen) atoms. The second-order valence-electron chi connectivity index (χ2n) is 4.39. The van der Waals surface area contributed by atoms with E-state index in [1.54, 1.807) is 11.3 Å². The molecule has 1 N–H and O–H groups in total. The average Bonchev–Trinajstić information content (AvgIpc) is 2.76. The highest BCUT2D eigenvalue weighted by Gasteiger charge is 2.08. The number of allylic oxidation sites excluding steroid dienone is 2. The number of rotatable bonds is 4. The van der Waals surface area contributed by atoms with E-state index in [1.807, 2.05) is 18.5 Å². The van der Waals surface area contributed by atoms with Crippen LogP contribution in [-0.2, 0) is 11.2 Å². The first-order chi connectivity index (χ1) is 8.74. The van der Waals surface area contributed by atoms with Crippen molar-refractivity contribution >= 4 is 23.5 Å². The van der Waals surface area contributed by atoms with Gasteiger partial charge in [-0.05, 0) is 32.1 Å². The molecule has 0 saturated heterocycles. The summed E-state index contributed by atoms with van der Waals surface area (Å²) in [5.74, 6) is 0.347. The summed E-state index contributed by atoms with van der Waals surface area (Å²) in [5, 5.41) is 6.90. The molecule has 1 aromatic rings. The molecule has 0 spiro atoms. The van der Waals surface area contributed by atoms with E-state index < -0.39 is 0 Å². The van der Waals surface area contributed by atoms with E-state index in [2.05, 4.69) is 27.7 Å². The number of thiazole rings is 1. The minimum atomic E-state index is -0.108. The minimum Gasteiger partial charge on any atom is -0.273 e. The third-order valence-corrected chi connectivity index (χ3v) is 3.61. The zero-order valence-corrected chi connectivity index (χ0v) is 11.2. The fourth-order valence-corrected chi connectivity index (χ4v) is 2.47. The molecule has 1 aliphatic carbocycles. The molecule has 1 atom stereocenters. The normalized spacial score (nSPS) is 19.3. The largest absolute Gasteiger partial charge is 0.273 e. The highest BCUT2D eigenvalue weighted by atomic mass is 32.1. The van der Waals surface area contributed by atoms with E-state index in [0.29, 0.717) is 12.3 Å². The number of aromatic nitrogens is 1. The second-order valence-corrected chi connectivity index (χ2v) is 5.45. The van der Waals surface area contributed by atoms with Crippen molar-refractivity contribution in [1.29, 1.82) is 0 Å². The van der Waals surface area contributed by atoms with Gasteiger partial charge in [-0.25, -0.2) is 10.4 Å². The van der Waals surface area contributed by atoms with Crippen molar-refractivity contribution in [2.75, 3.05) is 0 Å². The van der Waals surface area contributed by atoms with Gasteiger partial charge < -0.3 is 0 Å². The van der Waals surface area contributed by atoms with Crippen LogP contribution in [0.5, 0.6) is 0 Å². The van der Waals surface area contributed by atoms with Crippen molar-refractivity contribution in [3.63, 3.8) is 0 Å². The molecule has 0 bridgehead atoms. The molecule has 4 nitrogen and oxygen atoms in total. The number of aryl methyl sites for hydroxylation is 1. The van der Waals surface area contributed by atoms with Crippen molar-refractivity contribution in [2.45, 2.75) is 32.6 Å². The van der Waals surface area contributed by atoms with E-state index >= 15 is 0 Å². The third kappa shape index (κ3) is 4.07. The molecule has 5 heteroatoms. The Hall–Kier alpha value is -1.49. The topological polar surface area (TPSA) is 54.4 Å². The first-order valence-corrected chi connectivity index (χ1v) is 7.00. The lowest BCUT2D eigenvalue weighted by atomic mass is 9.96. The zero-order chi connectivity index (χ0) is 12.8. The lowest BCUT2D eigenvalue weighted by Gasteiger charge is -2.11. The number of hydrogen-bond acceptors (Lipinski definition) is 4. The fraction of sp³-hybridized carbons (Fsp3) is 0.462. The lowest BCUT2D eigenvalue weighted by molar-refractivity contribution is -0.120. The first-order valence-electron chi connectivity index (χ1n) is 6.12. The Labute approximate surface area is 111 Å². The van der Waals surface area contributed by atoms with Crippen molar-refractivity contribution < 1.29 is 4.79 Å². The van der Waals surface area contributed by atoms with E-state index in [0.717, 1.165) is 30.0 Å². The standard InChI is InChI=1S/C13H17N3OS/c1-10-15-12(9-18-10)7-13(17)16-14-8-11-5-3-2-4-6-11/h2-3,8-9,11H,4-7H2,1H3,(H,16,17)/b14-8-/t11-/m0/s1. The van der Waals surface area contributed by atoms with Gasteiger partial charge in [0.05, 0.1) is 17.1 Å². The summed E-state index contributed by atoms with van der Waals surface area (Å²) >= 11 is 1.56. The van der Waals surface area contributed by atoms with Gasteiger partial charge in [0.1, 0.15) is 0 Å². The molecular weight excluding hydrogens is 246 g/mol. The number of hydrazone groups is 1. The highest BCUT2D eigenvalue weighted by Crippen LogP contribution is 2.15. The van der Waals surface area contributed by atoms with E-state index in [1.165, 1.54) is 0 Å². The smallest absolute Gasteiger partial charge is 0.246 e. The van der Waals surface area contributed by atoms with Crippen LogP contribution >= 0.6 is 11.3 Å². The van der Waals surface area contributed by atoms with Gasteiger partial charge in [0.15, 0.2) is 0 Å². The molecule has 1 aromatic heterocycles. The highest BCUT2D eigenvalue weighted by molar-refractivity contribution is 7.09. The van der Waals surface area contributed by atoms with Gasteiger partial charge in [-0.15, -0.1) is 11.3 Å². The van der Waals surface area contributed by atoms with Crippen LogP contribution in [0.15, 0.2) is 22.6 Å². The van der Waals surface area contributed by atoms with Gasteiger partial charge >= 0.3 is 0 Å². The maximum absolute atomic E-state index is 11.6. The number of hydrogen-bond donors (Lipinski definition) is 1. The Morgan fingerprint density at radius 2 is 2.56 bits per heavy atom. The molecular formula is C13H17N3OS. The Balaban J connectivity index is 1.74. The SMILES string of the molecule is Cc1nc(CC(=O)N/N=C\[C@H]2CC=CCC2)cs1. The molecule has 0 unspecified atom stereocenters. The Morgan fingerprint density at radius 3 is 3.22 bits per heavy atom. The van der Waals surface area contributed by atoms with Gasteiger partial charge in [-0.3, -0.25) is 4.79 Å². The van der Waals surface area contributed by atoms with Crippen molar-refractivity contribution in [1.82, 2.24) is 10.4 Å². The number of amides is 1. The molecule has 0 aliphatic heterocycles. The van der Waals surface area contributed by atoms with Crippen LogP contribution in [0, 0.1) is 12.8 Å². The summed E-state index contributed by atoms with van der Waals surface area (Å²) < 4.78 is 0. The van der Waals surface area contributed by atoms with E-state index in [4.69, 9.17) is 0 Å². The van der Waals surface area contributed by atoms with Crippen LogP contribution in [-0.4, -0.2) is 17.1 Å². The number of carbonyl (C=O) groups excluding carboxylic acids is 1. The van der Waals surface area contributed by atoms with Crippen LogP contribution in [0.1, 0.15) is 30.0 Å². The fourth-order valence-electron chi connectivity index (χ4n) is 1.86. The maximum atomic E-state index is 11.6. The summed E-state index contributed by atoms with van der Waals surface area (Å²) in [4.78, 5) is 15.8. The van der Waals surface area contributed by atoms with Gasteiger partial charge in [0, 0.05) is 11.6 Å². The summed E-state index contributed by atoms with van der Waals surface area (Å²) in [6, 6.07) is 0. The van der Waals surface area contributed by atoms with Crippen molar-refractivity contribution in [3.05, 3.63) is 28.2 Å². The van der Waals surface area contributed by atoms with E-state index in [-0.39, 0.29) is 5.91 Å². The summed E-state index contributed by atoms with van der Waals surface area (Å²) in [6.07, 6.45) is 9.72. The van der Waals surface area contributed by atoms with Crippen LogP contribution < -0.4 is 5.43 Å². The molecule has 1 aliphatic rings. The summed E-state index contributed by atoms with van der Waals surface area (Å²) in [6.45, 7) is 1.93. The Morgan fingerprint density at radius 1 is 1.67 bits per heavy atom. The van der Waals surface area contributed by atoms with Crippen LogP contribution in [0.4, 0.5) is 0 Å². The molecule has 1 heterocycles. The van der Waals surface area contributed by atoms with Crippen molar-refractivity contribution in [2.24, 2.45) is 11.0 Å². The van der Waals surface area contributed by atoms with Gasteiger partial charge in [-0.1, -0.05) is 12.2 Å². The minimum absolute atomic E-state index is 0.108. The quantitative estimate of drug-likeness (QED) is 0.515. The predicted molar refractivity (Wildman–Crippen MR) is 73.7 cm³/mol. The lowest BCUT2D eigenvalue weighted by Crippen LogP contribution is -2.20. The molecule has 0 saturated carbocycles. The van der Waals surface area contributed by atoms with Gasteiger partial charge in [-0.2, -0.15) is 5.10 Å². The van der Waals surface area contributed by atoms with Crippen molar-refractivity contribution in [3.8, 4) is 0 Å². The van der Waals surface area contributed by atoms with Crippen LogP contribution in [0.3, 0.4) is 0 Å². The zero-order valence-electron chi connectivity index (χ0n) is 10.4. The monoisotopic (exact) mass is 263 g/mol. The summed E-state index contributed by atoms with van der Waals surface area (Å²) in [7, 11) is 0. The molecule has 96 valence electrons. The average molecular weight is 263 g/mol. The molecule has 0 radical (unpaired) electrons. The predicted octanol–water partition coefficient (Wildman–Crippen LogP) is 2.45. The summed E-state index contributed by atoms with van der Waals surface area (Å²) in [5.41, 5.74) is 3.37. The number of carbonyl (C=O) groups is 1. The van der Waals surface area contributed by atoms with E-state index in [9.17, 15) is 4.79 Å². The first kappa shape index (κ1) is 13.0. The van der Waals surface area contributed by atoms with Crippen LogP contribution in [0.25, 0.3) is 0 Å². The number of nitrogens with zero attached hydrogens (tertiary/aromatic N) is 2. The second kappa shape index (κ2) is 6.44. The Bertz CT molecular complexity index is 465.